The number of hydrogen-bond acceptors (Lipinski definition) is 11. The molecular formula is C31H20N4O7S4. The van der Waals surface area contributed by atoms with Gasteiger partial charge in [-0.2, -0.15) is 21.9 Å². The number of phenols is 1. The van der Waals surface area contributed by atoms with Crippen LogP contribution in [0.4, 0.5) is 11.4 Å². The number of aryl methyl sites for hydroxylation is 1. The number of azo groups is 1. The standard InChI is InChI=1S/C31H20N4O7S4/c1-16-6-12-23-28(29(16)46(40,41)42)44-31(33-23)18-9-13-22-25(14-18)43-30(32-22)17-7-10-19(11-8-17)34-35-24-15-26(45(37,38)39)20-4-2-3-5-21(20)27(24)36/h2-15,36H,1H3,(H,37,38,39)(H,40,41,42). The number of benzene rings is 5. The molecule has 0 aliphatic carbocycles. The van der Waals surface area contributed by atoms with Crippen LogP contribution in [0.5, 0.6) is 5.75 Å². The Morgan fingerprint density at radius 3 is 2.07 bits per heavy atom. The van der Waals surface area contributed by atoms with Crippen LogP contribution in [0.1, 0.15) is 5.56 Å². The molecule has 2 aromatic heterocycles. The first-order chi connectivity index (χ1) is 21.9. The van der Waals surface area contributed by atoms with Gasteiger partial charge in [-0.25, -0.2) is 9.97 Å². The smallest absolute Gasteiger partial charge is 0.296 e. The van der Waals surface area contributed by atoms with E-state index in [1.54, 1.807) is 43.3 Å². The summed E-state index contributed by atoms with van der Waals surface area (Å²) in [6.07, 6.45) is 0. The first kappa shape index (κ1) is 30.0. The quantitative estimate of drug-likeness (QED) is 0.114. The average molecular weight is 689 g/mol. The maximum Gasteiger partial charge on any atom is 0.296 e. The van der Waals surface area contributed by atoms with Crippen molar-refractivity contribution in [1.82, 2.24) is 9.97 Å². The third-order valence-corrected chi connectivity index (χ3v) is 11.5. The van der Waals surface area contributed by atoms with Gasteiger partial charge in [0.25, 0.3) is 20.2 Å². The van der Waals surface area contributed by atoms with Crippen LogP contribution in [0.3, 0.4) is 0 Å². The van der Waals surface area contributed by atoms with Gasteiger partial charge in [-0.05, 0) is 67.1 Å². The Labute approximate surface area is 269 Å². The van der Waals surface area contributed by atoms with Crippen molar-refractivity contribution in [3.05, 3.63) is 90.5 Å². The van der Waals surface area contributed by atoms with E-state index in [9.17, 15) is 31.0 Å². The van der Waals surface area contributed by atoms with Gasteiger partial charge < -0.3 is 5.11 Å². The molecule has 46 heavy (non-hydrogen) atoms. The molecule has 2 heterocycles. The summed E-state index contributed by atoms with van der Waals surface area (Å²) in [5.41, 5.74) is 3.61. The Morgan fingerprint density at radius 2 is 1.35 bits per heavy atom. The van der Waals surface area contributed by atoms with Gasteiger partial charge in [0.15, 0.2) is 5.75 Å². The molecular weight excluding hydrogens is 669 g/mol. The van der Waals surface area contributed by atoms with Crippen molar-refractivity contribution in [2.75, 3.05) is 0 Å². The second-order valence-corrected chi connectivity index (χ2v) is 15.0. The molecule has 7 rings (SSSR count). The van der Waals surface area contributed by atoms with Crippen LogP contribution in [0.25, 0.3) is 52.3 Å². The third-order valence-electron chi connectivity index (χ3n) is 7.23. The summed E-state index contributed by atoms with van der Waals surface area (Å²) in [5, 5.41) is 20.6. The number of nitrogens with zero attached hydrogens (tertiary/aromatic N) is 4. The maximum absolute atomic E-state index is 12.0. The number of hydrogen-bond donors (Lipinski definition) is 3. The lowest BCUT2D eigenvalue weighted by Gasteiger charge is -2.08. The van der Waals surface area contributed by atoms with Gasteiger partial charge in [-0.15, -0.1) is 27.8 Å². The van der Waals surface area contributed by atoms with E-state index in [1.165, 1.54) is 34.8 Å². The van der Waals surface area contributed by atoms with Crippen LogP contribution in [0.2, 0.25) is 0 Å². The van der Waals surface area contributed by atoms with E-state index < -0.39 is 20.2 Å². The number of rotatable bonds is 6. The van der Waals surface area contributed by atoms with Gasteiger partial charge in [0, 0.05) is 21.9 Å². The summed E-state index contributed by atoms with van der Waals surface area (Å²) in [4.78, 5) is 8.83. The van der Waals surface area contributed by atoms with E-state index in [1.807, 2.05) is 30.3 Å². The van der Waals surface area contributed by atoms with Gasteiger partial charge in [-0.3, -0.25) is 9.11 Å². The second kappa shape index (κ2) is 11.0. The lowest BCUT2D eigenvalue weighted by molar-refractivity contribution is 0.478. The third kappa shape index (κ3) is 5.42. The Kier molecular flexibility index (Phi) is 7.19. The fraction of sp³-hybridized carbons (Fsp3) is 0.0323. The zero-order valence-corrected chi connectivity index (χ0v) is 26.7. The summed E-state index contributed by atoms with van der Waals surface area (Å²) in [7, 11) is -9.01. The molecule has 0 amide bonds. The topological polar surface area (TPSA) is 179 Å². The molecule has 3 N–H and O–H groups in total. The van der Waals surface area contributed by atoms with Gasteiger partial charge in [0.2, 0.25) is 0 Å². The molecule has 7 aromatic rings. The summed E-state index contributed by atoms with van der Waals surface area (Å²) in [5.74, 6) is -0.267. The molecule has 15 heteroatoms. The highest BCUT2D eigenvalue weighted by atomic mass is 32.2. The summed E-state index contributed by atoms with van der Waals surface area (Å²) < 4.78 is 68.8. The minimum Gasteiger partial charge on any atom is -0.505 e. The van der Waals surface area contributed by atoms with Crippen molar-refractivity contribution in [2.45, 2.75) is 16.7 Å². The van der Waals surface area contributed by atoms with E-state index >= 15 is 0 Å². The Balaban J connectivity index is 1.18. The Hall–Kier alpha value is -4.64. The molecule has 0 unspecified atom stereocenters. The van der Waals surface area contributed by atoms with Gasteiger partial charge in [0.1, 0.15) is 25.5 Å². The van der Waals surface area contributed by atoms with E-state index in [0.717, 1.165) is 32.4 Å². The van der Waals surface area contributed by atoms with Crippen molar-refractivity contribution in [3.8, 4) is 26.9 Å². The van der Waals surface area contributed by atoms with Crippen molar-refractivity contribution in [3.63, 3.8) is 0 Å². The summed E-state index contributed by atoms with van der Waals surface area (Å²) >= 11 is 2.66. The molecule has 0 saturated heterocycles. The fourth-order valence-electron chi connectivity index (χ4n) is 5.08. The van der Waals surface area contributed by atoms with E-state index in [0.29, 0.717) is 26.5 Å². The van der Waals surface area contributed by atoms with Gasteiger partial charge >= 0.3 is 0 Å². The monoisotopic (exact) mass is 688 g/mol. The molecule has 0 fully saturated rings. The van der Waals surface area contributed by atoms with Crippen molar-refractivity contribution < 1.29 is 31.0 Å². The minimum atomic E-state index is -4.59. The molecule has 0 radical (unpaired) electrons. The molecule has 0 aliphatic rings. The number of thiazole rings is 2. The van der Waals surface area contributed by atoms with Crippen LogP contribution in [0.15, 0.2) is 105 Å². The van der Waals surface area contributed by atoms with Gasteiger partial charge in [0.05, 0.1) is 26.1 Å². The maximum atomic E-state index is 12.0. The minimum absolute atomic E-state index is 0.116. The van der Waals surface area contributed by atoms with Crippen molar-refractivity contribution in [2.24, 2.45) is 10.2 Å². The number of fused-ring (bicyclic) bond motifs is 3. The van der Waals surface area contributed by atoms with Crippen LogP contribution in [-0.2, 0) is 20.2 Å². The number of aromatic hydroxyl groups is 1. The Morgan fingerprint density at radius 1 is 0.696 bits per heavy atom. The lowest BCUT2D eigenvalue weighted by Crippen LogP contribution is -2.00. The molecule has 0 spiro atoms. The average Bonchev–Trinajstić information content (AvgIpc) is 3.64. The van der Waals surface area contributed by atoms with Crippen molar-refractivity contribution in [1.29, 1.82) is 0 Å². The number of aromatic nitrogens is 2. The molecule has 0 bridgehead atoms. The molecule has 0 atom stereocenters. The van der Waals surface area contributed by atoms with Crippen LogP contribution in [0, 0.1) is 6.92 Å². The van der Waals surface area contributed by atoms with E-state index in [4.69, 9.17) is 4.98 Å². The second-order valence-electron chi connectivity index (χ2n) is 10.3. The SMILES string of the molecule is Cc1ccc2nc(-c3ccc4nc(-c5ccc(N=Nc6cc(S(=O)(=O)O)c7ccccc7c6O)cc5)sc4c3)sc2c1S(=O)(=O)O. The summed E-state index contributed by atoms with van der Waals surface area (Å²) in [6.45, 7) is 1.63. The van der Waals surface area contributed by atoms with E-state index in [2.05, 4.69) is 15.2 Å². The fourth-order valence-corrected chi connectivity index (χ4v) is 9.11. The molecule has 0 aliphatic heterocycles. The van der Waals surface area contributed by atoms with Gasteiger partial charge in [-0.1, -0.05) is 30.3 Å². The first-order valence-electron chi connectivity index (χ1n) is 13.4. The largest absolute Gasteiger partial charge is 0.505 e. The first-order valence-corrected chi connectivity index (χ1v) is 17.9. The normalized spacial score (nSPS) is 12.6. The number of phenolic OH excluding ortho intramolecular Hbond substituents is 1. The zero-order chi connectivity index (χ0) is 32.4. The molecule has 230 valence electrons. The van der Waals surface area contributed by atoms with Crippen LogP contribution >= 0.6 is 22.7 Å². The van der Waals surface area contributed by atoms with Crippen LogP contribution < -0.4 is 0 Å². The molecule has 5 aromatic carbocycles. The molecule has 0 saturated carbocycles. The lowest BCUT2D eigenvalue weighted by atomic mass is 10.1. The highest BCUT2D eigenvalue weighted by Gasteiger charge is 2.22. The molecule has 11 nitrogen and oxygen atoms in total. The zero-order valence-electron chi connectivity index (χ0n) is 23.5. The highest BCUT2D eigenvalue weighted by molar-refractivity contribution is 7.86. The van der Waals surface area contributed by atoms with E-state index in [-0.39, 0.29) is 32.0 Å². The highest BCUT2D eigenvalue weighted by Crippen LogP contribution is 2.41. The summed E-state index contributed by atoms with van der Waals surface area (Å²) in [6, 6.07) is 23.3. The predicted octanol–water partition coefficient (Wildman–Crippen LogP) is 8.32. The Bertz CT molecular complexity index is 2610. The van der Waals surface area contributed by atoms with Crippen molar-refractivity contribution >= 4 is 85.5 Å². The predicted molar refractivity (Wildman–Crippen MR) is 178 cm³/mol. The van der Waals surface area contributed by atoms with Crippen LogP contribution in [-0.4, -0.2) is 41.0 Å².